The van der Waals surface area contributed by atoms with Gasteiger partial charge in [-0.25, -0.2) is 0 Å². The number of fused-ring (bicyclic) bond motifs is 4. The van der Waals surface area contributed by atoms with Gasteiger partial charge in [-0.2, -0.15) is 0 Å². The number of benzene rings is 2. The molecule has 1 fully saturated rings. The van der Waals surface area contributed by atoms with Gasteiger partial charge in [0.1, 0.15) is 0 Å². The highest BCUT2D eigenvalue weighted by Gasteiger charge is 2.42. The molecule has 8 nitrogen and oxygen atoms in total. The zero-order valence-electron chi connectivity index (χ0n) is 24.7. The van der Waals surface area contributed by atoms with Gasteiger partial charge in [-0.15, -0.1) is 0 Å². The minimum absolute atomic E-state index is 0.0123. The summed E-state index contributed by atoms with van der Waals surface area (Å²) in [4.78, 5) is 18.1. The van der Waals surface area contributed by atoms with Crippen LogP contribution in [0.15, 0.2) is 24.3 Å². The third-order valence-corrected chi connectivity index (χ3v) is 9.51. The summed E-state index contributed by atoms with van der Waals surface area (Å²) in [6, 6.07) is 8.88. The predicted molar refractivity (Wildman–Crippen MR) is 155 cm³/mol. The summed E-state index contributed by atoms with van der Waals surface area (Å²) in [5, 5.41) is 0. The summed E-state index contributed by atoms with van der Waals surface area (Å²) in [5.74, 6) is 4.20. The van der Waals surface area contributed by atoms with Crippen LogP contribution in [0.4, 0.5) is 0 Å². The fourth-order valence-corrected chi connectivity index (χ4v) is 7.39. The van der Waals surface area contributed by atoms with Gasteiger partial charge in [-0.3, -0.25) is 9.69 Å². The zero-order chi connectivity index (χ0) is 28.4. The fourth-order valence-electron chi connectivity index (χ4n) is 7.39. The number of amides is 1. The second-order valence-electron chi connectivity index (χ2n) is 11.4. The van der Waals surface area contributed by atoms with Crippen molar-refractivity contribution in [1.29, 1.82) is 0 Å². The molecule has 1 saturated heterocycles. The van der Waals surface area contributed by atoms with E-state index in [0.717, 1.165) is 62.4 Å². The standard InChI is InChI=1S/C32H45N3O5/c1-6-20-19-34-11-8-21-15-28(37-2)30(39-4)17-24(21)26(34)13-23(20)14-27-25-18-31(40-5)29(38-3)16-22(25)9-12-35(27)32(36)7-10-33/h15-18,20,23,26-27H,6-14,19,33H2,1-5H3/t20-,23+,26-,27+/m0/s1. The van der Waals surface area contributed by atoms with Crippen LogP contribution in [-0.4, -0.2) is 70.3 Å². The lowest BCUT2D eigenvalue weighted by molar-refractivity contribution is -0.134. The molecule has 0 spiro atoms. The Morgan fingerprint density at radius 1 is 0.850 bits per heavy atom. The summed E-state index contributed by atoms with van der Waals surface area (Å²) in [7, 11) is 6.75. The number of hydrogen-bond acceptors (Lipinski definition) is 7. The molecule has 4 atom stereocenters. The van der Waals surface area contributed by atoms with E-state index in [2.05, 4.69) is 41.0 Å². The molecule has 0 aromatic heterocycles. The Labute approximate surface area is 238 Å². The summed E-state index contributed by atoms with van der Waals surface area (Å²) < 4.78 is 22.6. The lowest BCUT2D eigenvalue weighted by atomic mass is 9.72. The minimum atomic E-state index is -0.0123. The molecule has 218 valence electrons. The number of methoxy groups -OCH3 is 4. The molecule has 3 aliphatic heterocycles. The van der Waals surface area contributed by atoms with E-state index in [0.29, 0.717) is 43.1 Å². The first-order valence-corrected chi connectivity index (χ1v) is 14.7. The molecule has 0 unspecified atom stereocenters. The van der Waals surface area contributed by atoms with E-state index in [1.807, 2.05) is 0 Å². The quantitative estimate of drug-likeness (QED) is 0.490. The number of nitrogens with zero attached hydrogens (tertiary/aromatic N) is 2. The van der Waals surface area contributed by atoms with Crippen molar-refractivity contribution < 1.29 is 23.7 Å². The Balaban J connectivity index is 1.50. The SMILES string of the molecule is CC[C@H]1CN2CCc3cc(OC)c(OC)cc3[C@@H]2C[C@@H]1C[C@@H]1c2cc(OC)c(OC)cc2CCN1C(=O)CCN. The Morgan fingerprint density at radius 3 is 2.02 bits per heavy atom. The minimum Gasteiger partial charge on any atom is -0.493 e. The van der Waals surface area contributed by atoms with E-state index in [1.54, 1.807) is 28.4 Å². The molecule has 2 aromatic carbocycles. The van der Waals surface area contributed by atoms with Gasteiger partial charge < -0.3 is 29.6 Å². The highest BCUT2D eigenvalue weighted by molar-refractivity contribution is 5.77. The third-order valence-electron chi connectivity index (χ3n) is 9.51. The lowest BCUT2D eigenvalue weighted by Gasteiger charge is -2.49. The van der Waals surface area contributed by atoms with Gasteiger partial charge in [0.15, 0.2) is 23.0 Å². The van der Waals surface area contributed by atoms with Gasteiger partial charge in [0.25, 0.3) is 0 Å². The molecule has 0 radical (unpaired) electrons. The summed E-state index contributed by atoms with van der Waals surface area (Å²) in [6.45, 7) is 5.50. The molecular formula is C32H45N3O5. The number of carbonyl (C=O) groups excluding carboxylic acids is 1. The van der Waals surface area contributed by atoms with Crippen molar-refractivity contribution in [3.05, 3.63) is 46.5 Å². The van der Waals surface area contributed by atoms with Gasteiger partial charge >= 0.3 is 0 Å². The van der Waals surface area contributed by atoms with Gasteiger partial charge in [0.05, 0.1) is 34.5 Å². The Bertz CT molecular complexity index is 1220. The molecule has 40 heavy (non-hydrogen) atoms. The molecule has 8 heteroatoms. The van der Waals surface area contributed by atoms with Crippen LogP contribution in [0.1, 0.15) is 66.9 Å². The maximum absolute atomic E-state index is 13.4. The maximum atomic E-state index is 13.4. The van der Waals surface area contributed by atoms with Gasteiger partial charge in [0, 0.05) is 38.6 Å². The van der Waals surface area contributed by atoms with Crippen molar-refractivity contribution in [2.24, 2.45) is 17.6 Å². The number of rotatable bonds is 9. The summed E-state index contributed by atoms with van der Waals surface area (Å²) in [6.07, 6.45) is 5.28. The van der Waals surface area contributed by atoms with Crippen LogP contribution in [0.2, 0.25) is 0 Å². The Kier molecular flexibility index (Phi) is 8.76. The monoisotopic (exact) mass is 551 g/mol. The topological polar surface area (TPSA) is 86.5 Å². The molecule has 2 aromatic rings. The molecule has 0 aliphatic carbocycles. The second-order valence-corrected chi connectivity index (χ2v) is 11.4. The third kappa shape index (κ3) is 5.23. The van der Waals surface area contributed by atoms with Crippen molar-refractivity contribution in [2.75, 3.05) is 54.6 Å². The molecule has 0 bridgehead atoms. The highest BCUT2D eigenvalue weighted by atomic mass is 16.5. The van der Waals surface area contributed by atoms with Crippen LogP contribution in [-0.2, 0) is 17.6 Å². The van der Waals surface area contributed by atoms with E-state index in [1.165, 1.54) is 22.3 Å². The molecule has 1 amide bonds. The van der Waals surface area contributed by atoms with Crippen molar-refractivity contribution in [2.45, 2.75) is 57.5 Å². The highest BCUT2D eigenvalue weighted by Crippen LogP contribution is 2.49. The zero-order valence-corrected chi connectivity index (χ0v) is 24.7. The van der Waals surface area contributed by atoms with Crippen LogP contribution in [0.3, 0.4) is 0 Å². The molecule has 3 aliphatic rings. The van der Waals surface area contributed by atoms with E-state index in [9.17, 15) is 4.79 Å². The van der Waals surface area contributed by atoms with Crippen molar-refractivity contribution in [3.63, 3.8) is 0 Å². The van der Waals surface area contributed by atoms with Gasteiger partial charge in [0.2, 0.25) is 5.91 Å². The average molecular weight is 552 g/mol. The maximum Gasteiger partial charge on any atom is 0.224 e. The van der Waals surface area contributed by atoms with E-state index in [4.69, 9.17) is 24.7 Å². The first-order valence-electron chi connectivity index (χ1n) is 14.7. The number of carbonyl (C=O) groups is 1. The van der Waals surface area contributed by atoms with Crippen molar-refractivity contribution in [3.8, 4) is 23.0 Å². The van der Waals surface area contributed by atoms with Gasteiger partial charge in [-0.1, -0.05) is 13.3 Å². The molecule has 5 rings (SSSR count). The first-order chi connectivity index (χ1) is 19.5. The molecule has 0 saturated carbocycles. The Hall–Kier alpha value is -2.97. The molecule has 2 N–H and O–H groups in total. The normalized spacial score (nSPS) is 24.0. The first kappa shape index (κ1) is 28.6. The van der Waals surface area contributed by atoms with Crippen LogP contribution < -0.4 is 24.7 Å². The van der Waals surface area contributed by atoms with Crippen LogP contribution in [0.25, 0.3) is 0 Å². The van der Waals surface area contributed by atoms with Crippen molar-refractivity contribution in [1.82, 2.24) is 9.80 Å². The number of ether oxygens (including phenoxy) is 4. The Morgan fingerprint density at radius 2 is 1.43 bits per heavy atom. The predicted octanol–water partition coefficient (Wildman–Crippen LogP) is 4.53. The summed E-state index contributed by atoms with van der Waals surface area (Å²) in [5.41, 5.74) is 11.0. The van der Waals surface area contributed by atoms with E-state index >= 15 is 0 Å². The fraction of sp³-hybridized carbons (Fsp3) is 0.594. The second kappa shape index (κ2) is 12.3. The molecule has 3 heterocycles. The number of piperidine rings is 1. The van der Waals surface area contributed by atoms with Crippen LogP contribution in [0, 0.1) is 11.8 Å². The van der Waals surface area contributed by atoms with E-state index in [-0.39, 0.29) is 11.9 Å². The van der Waals surface area contributed by atoms with Gasteiger partial charge in [-0.05, 0) is 84.0 Å². The largest absolute Gasteiger partial charge is 0.493 e. The van der Waals surface area contributed by atoms with E-state index < -0.39 is 0 Å². The number of hydrogen-bond donors (Lipinski definition) is 1. The summed E-state index contributed by atoms with van der Waals surface area (Å²) >= 11 is 0. The number of nitrogens with two attached hydrogens (primary N) is 1. The van der Waals surface area contributed by atoms with Crippen LogP contribution >= 0.6 is 0 Å². The van der Waals surface area contributed by atoms with Crippen LogP contribution in [0.5, 0.6) is 23.0 Å². The lowest BCUT2D eigenvalue weighted by Crippen LogP contribution is -2.47. The molecular weight excluding hydrogens is 506 g/mol. The van der Waals surface area contributed by atoms with Crippen molar-refractivity contribution >= 4 is 5.91 Å². The smallest absolute Gasteiger partial charge is 0.224 e. The average Bonchev–Trinajstić information content (AvgIpc) is 2.99.